The van der Waals surface area contributed by atoms with Gasteiger partial charge in [0.2, 0.25) is 0 Å². The second-order valence-corrected chi connectivity index (χ2v) is 5.22. The fourth-order valence-electron chi connectivity index (χ4n) is 2.51. The summed E-state index contributed by atoms with van der Waals surface area (Å²) in [4.78, 5) is 12.7. The first kappa shape index (κ1) is 13.2. The van der Waals surface area contributed by atoms with E-state index >= 15 is 0 Å². The van der Waals surface area contributed by atoms with Gasteiger partial charge >= 0.3 is 0 Å². The first-order valence-electron chi connectivity index (χ1n) is 6.50. The smallest absolute Gasteiger partial charge is 0.125 e. The Morgan fingerprint density at radius 1 is 1.44 bits per heavy atom. The third-order valence-electron chi connectivity index (χ3n) is 3.73. The fraction of sp³-hybridized carbons (Fsp3) is 0.467. The van der Waals surface area contributed by atoms with E-state index in [4.69, 9.17) is 11.6 Å². The SMILES string of the molecule is CCC1CCN(c2cc(C=C=O)ccc2Cl)CC1. The first-order chi connectivity index (χ1) is 8.74. The number of anilines is 1. The molecule has 0 bridgehead atoms. The minimum absolute atomic E-state index is 0.757. The third kappa shape index (κ3) is 2.95. The predicted molar refractivity (Wildman–Crippen MR) is 76.8 cm³/mol. The molecule has 0 spiro atoms. The van der Waals surface area contributed by atoms with Gasteiger partial charge in [-0.25, -0.2) is 4.79 Å². The summed E-state index contributed by atoms with van der Waals surface area (Å²) in [5, 5.41) is 0.757. The van der Waals surface area contributed by atoms with Crippen LogP contribution in [0.1, 0.15) is 31.7 Å². The Morgan fingerprint density at radius 2 is 2.17 bits per heavy atom. The van der Waals surface area contributed by atoms with Crippen molar-refractivity contribution < 1.29 is 4.79 Å². The van der Waals surface area contributed by atoms with Crippen molar-refractivity contribution in [1.82, 2.24) is 0 Å². The van der Waals surface area contributed by atoms with Crippen LogP contribution >= 0.6 is 11.6 Å². The molecule has 0 aromatic heterocycles. The Labute approximate surface area is 113 Å². The minimum atomic E-state index is 0.757. The molecule has 0 amide bonds. The van der Waals surface area contributed by atoms with Crippen molar-refractivity contribution in [3.63, 3.8) is 0 Å². The first-order valence-corrected chi connectivity index (χ1v) is 6.87. The van der Waals surface area contributed by atoms with Gasteiger partial charge in [0.25, 0.3) is 0 Å². The molecule has 0 N–H and O–H groups in total. The van der Waals surface area contributed by atoms with Crippen LogP contribution < -0.4 is 4.90 Å². The monoisotopic (exact) mass is 263 g/mol. The van der Waals surface area contributed by atoms with Crippen LogP contribution in [0.4, 0.5) is 5.69 Å². The van der Waals surface area contributed by atoms with Crippen molar-refractivity contribution in [3.05, 3.63) is 28.8 Å². The standard InChI is InChI=1S/C15H18ClNO/c1-2-12-5-8-17(9-6-12)15-11-13(7-10-18)3-4-14(15)16/h3-4,7,11-12H,2,5-6,8-9H2,1H3. The summed E-state index contributed by atoms with van der Waals surface area (Å²) in [6.07, 6.45) is 5.15. The molecule has 0 unspecified atom stereocenters. The van der Waals surface area contributed by atoms with E-state index in [2.05, 4.69) is 11.8 Å². The molecule has 0 saturated carbocycles. The molecule has 1 aliphatic heterocycles. The van der Waals surface area contributed by atoms with Crippen LogP contribution in [-0.4, -0.2) is 19.0 Å². The second kappa shape index (κ2) is 6.08. The van der Waals surface area contributed by atoms with E-state index in [9.17, 15) is 4.79 Å². The van der Waals surface area contributed by atoms with Gasteiger partial charge in [-0.05, 0) is 36.5 Å². The summed E-state index contributed by atoms with van der Waals surface area (Å²) in [5.41, 5.74) is 1.90. The summed E-state index contributed by atoms with van der Waals surface area (Å²) in [5.74, 6) is 2.66. The lowest BCUT2D eigenvalue weighted by molar-refractivity contribution is 0.395. The zero-order valence-electron chi connectivity index (χ0n) is 10.7. The van der Waals surface area contributed by atoms with Crippen molar-refractivity contribution in [2.45, 2.75) is 26.2 Å². The molecule has 2 nitrogen and oxygen atoms in total. The molecule has 0 aliphatic carbocycles. The van der Waals surface area contributed by atoms with E-state index in [0.29, 0.717) is 0 Å². The normalized spacial score (nSPS) is 16.4. The summed E-state index contributed by atoms with van der Waals surface area (Å²) in [6.45, 7) is 4.35. The number of rotatable bonds is 3. The average molecular weight is 264 g/mol. The zero-order chi connectivity index (χ0) is 13.0. The Morgan fingerprint density at radius 3 is 2.78 bits per heavy atom. The Hall–Kier alpha value is -1.24. The van der Waals surface area contributed by atoms with Gasteiger partial charge in [0.1, 0.15) is 5.94 Å². The Balaban J connectivity index is 2.17. The molecule has 1 aromatic rings. The van der Waals surface area contributed by atoms with E-state index in [-0.39, 0.29) is 0 Å². The van der Waals surface area contributed by atoms with Gasteiger partial charge in [0.05, 0.1) is 10.7 Å². The van der Waals surface area contributed by atoms with Crippen molar-refractivity contribution >= 4 is 29.3 Å². The lowest BCUT2D eigenvalue weighted by Gasteiger charge is -2.33. The molecule has 1 aromatic carbocycles. The molecule has 1 fully saturated rings. The highest BCUT2D eigenvalue weighted by molar-refractivity contribution is 6.33. The molecule has 1 heterocycles. The third-order valence-corrected chi connectivity index (χ3v) is 4.05. The second-order valence-electron chi connectivity index (χ2n) is 4.81. The fourth-order valence-corrected chi connectivity index (χ4v) is 2.75. The van der Waals surface area contributed by atoms with Crippen LogP contribution in [-0.2, 0) is 4.79 Å². The van der Waals surface area contributed by atoms with Crippen LogP contribution in [0.15, 0.2) is 18.2 Å². The van der Waals surface area contributed by atoms with E-state index in [0.717, 1.165) is 35.3 Å². The predicted octanol–water partition coefficient (Wildman–Crippen LogP) is 3.81. The molecule has 96 valence electrons. The maximum atomic E-state index is 10.4. The van der Waals surface area contributed by atoms with Crippen molar-refractivity contribution in [3.8, 4) is 0 Å². The number of nitrogens with zero attached hydrogens (tertiary/aromatic N) is 1. The van der Waals surface area contributed by atoms with Gasteiger partial charge in [-0.2, -0.15) is 0 Å². The van der Waals surface area contributed by atoms with Gasteiger partial charge in [-0.1, -0.05) is 31.0 Å². The minimum Gasteiger partial charge on any atom is -0.370 e. The Bertz CT molecular complexity index is 458. The maximum Gasteiger partial charge on any atom is 0.125 e. The lowest BCUT2D eigenvalue weighted by Crippen LogP contribution is -2.33. The van der Waals surface area contributed by atoms with Crippen molar-refractivity contribution in [2.75, 3.05) is 18.0 Å². The number of halogens is 1. The number of carbonyl (C=O) groups excluding carboxylic acids is 1. The van der Waals surface area contributed by atoms with Crippen molar-refractivity contribution in [1.29, 1.82) is 0 Å². The van der Waals surface area contributed by atoms with Gasteiger partial charge in [-0.15, -0.1) is 0 Å². The lowest BCUT2D eigenvalue weighted by atomic mass is 9.94. The largest absolute Gasteiger partial charge is 0.370 e. The van der Waals surface area contributed by atoms with E-state index < -0.39 is 0 Å². The highest BCUT2D eigenvalue weighted by atomic mass is 35.5. The molecule has 18 heavy (non-hydrogen) atoms. The van der Waals surface area contributed by atoms with E-state index in [1.165, 1.54) is 25.3 Å². The number of hydrogen-bond donors (Lipinski definition) is 0. The quantitative estimate of drug-likeness (QED) is 0.773. The molecule has 2 rings (SSSR count). The highest BCUT2D eigenvalue weighted by Gasteiger charge is 2.19. The number of hydrogen-bond acceptors (Lipinski definition) is 2. The molecule has 0 radical (unpaired) electrons. The van der Waals surface area contributed by atoms with Crippen LogP contribution in [0, 0.1) is 5.92 Å². The summed E-state index contributed by atoms with van der Waals surface area (Å²) >= 11 is 6.25. The molecular weight excluding hydrogens is 246 g/mol. The van der Waals surface area contributed by atoms with Crippen LogP contribution in [0.2, 0.25) is 5.02 Å². The van der Waals surface area contributed by atoms with E-state index in [1.807, 2.05) is 24.1 Å². The van der Waals surface area contributed by atoms with Gasteiger partial charge in [0.15, 0.2) is 0 Å². The van der Waals surface area contributed by atoms with Gasteiger partial charge < -0.3 is 4.90 Å². The maximum absolute atomic E-state index is 10.4. The molecule has 1 saturated heterocycles. The zero-order valence-corrected chi connectivity index (χ0v) is 11.4. The van der Waals surface area contributed by atoms with Crippen LogP contribution in [0.3, 0.4) is 0 Å². The molecule has 0 atom stereocenters. The van der Waals surface area contributed by atoms with Gasteiger partial charge in [-0.3, -0.25) is 0 Å². The number of piperidine rings is 1. The highest BCUT2D eigenvalue weighted by Crippen LogP contribution is 2.31. The molecular formula is C15H18ClNO. The van der Waals surface area contributed by atoms with Crippen molar-refractivity contribution in [2.24, 2.45) is 5.92 Å². The van der Waals surface area contributed by atoms with Crippen LogP contribution in [0.25, 0.3) is 6.08 Å². The van der Waals surface area contributed by atoms with E-state index in [1.54, 1.807) is 0 Å². The summed E-state index contributed by atoms with van der Waals surface area (Å²) in [6, 6.07) is 5.67. The van der Waals surface area contributed by atoms with Crippen LogP contribution in [0.5, 0.6) is 0 Å². The number of benzene rings is 1. The summed E-state index contributed by atoms with van der Waals surface area (Å²) in [7, 11) is 0. The molecule has 3 heteroatoms. The molecule has 1 aliphatic rings. The Kier molecular flexibility index (Phi) is 4.46. The van der Waals surface area contributed by atoms with Gasteiger partial charge in [0, 0.05) is 19.2 Å². The average Bonchev–Trinajstić information content (AvgIpc) is 2.41. The summed E-state index contributed by atoms with van der Waals surface area (Å²) < 4.78 is 0. The topological polar surface area (TPSA) is 20.3 Å².